The summed E-state index contributed by atoms with van der Waals surface area (Å²) in [7, 11) is 0. The molecule has 0 fully saturated rings. The van der Waals surface area contributed by atoms with Crippen LogP contribution in [0.1, 0.15) is 26.3 Å². The van der Waals surface area contributed by atoms with Crippen molar-refractivity contribution in [3.63, 3.8) is 0 Å². The van der Waals surface area contributed by atoms with E-state index in [4.69, 9.17) is 9.94 Å². The van der Waals surface area contributed by atoms with Gasteiger partial charge in [-0.15, -0.1) is 0 Å². The Bertz CT molecular complexity index is 372. The quantitative estimate of drug-likeness (QED) is 0.588. The summed E-state index contributed by atoms with van der Waals surface area (Å²) in [6.45, 7) is 5.72. The molecule has 16 heavy (non-hydrogen) atoms. The van der Waals surface area contributed by atoms with Gasteiger partial charge in [0.15, 0.2) is 0 Å². The molecule has 5 heteroatoms. The van der Waals surface area contributed by atoms with E-state index < -0.39 is 11.7 Å². The zero-order valence-corrected chi connectivity index (χ0v) is 9.73. The van der Waals surface area contributed by atoms with Gasteiger partial charge in [0.1, 0.15) is 5.60 Å². The largest absolute Gasteiger partial charge is 0.444 e. The van der Waals surface area contributed by atoms with Crippen LogP contribution in [0.2, 0.25) is 0 Å². The molecule has 0 unspecified atom stereocenters. The minimum atomic E-state index is -0.502. The van der Waals surface area contributed by atoms with E-state index >= 15 is 0 Å². The zero-order valence-electron chi connectivity index (χ0n) is 9.73. The molecule has 0 atom stereocenters. The maximum Gasteiger partial charge on any atom is 0.407 e. The summed E-state index contributed by atoms with van der Waals surface area (Å²) < 4.78 is 6.01. The van der Waals surface area contributed by atoms with Crippen LogP contribution in [0.5, 0.6) is 0 Å². The molecule has 5 nitrogen and oxygen atoms in total. The molecule has 2 N–H and O–H groups in total. The van der Waals surface area contributed by atoms with Crippen LogP contribution in [0.4, 0.5) is 4.79 Å². The highest BCUT2D eigenvalue weighted by molar-refractivity contribution is 5.67. The summed E-state index contributed by atoms with van der Waals surface area (Å²) in [4.78, 5) is 11.3. The Kier molecular flexibility index (Phi) is 3.71. The maximum atomic E-state index is 11.3. The molecule has 0 aliphatic carbocycles. The number of carbonyl (C=O) groups is 1. The maximum absolute atomic E-state index is 11.3. The van der Waals surface area contributed by atoms with Gasteiger partial charge in [0.25, 0.3) is 0 Å². The second-order valence-electron chi connectivity index (χ2n) is 4.45. The van der Waals surface area contributed by atoms with Gasteiger partial charge in [-0.05, 0) is 26.8 Å². The van der Waals surface area contributed by atoms with Crippen molar-refractivity contribution in [1.82, 2.24) is 5.32 Å². The third-order valence-electron chi connectivity index (χ3n) is 1.68. The molecule has 0 saturated heterocycles. The van der Waals surface area contributed by atoms with E-state index in [-0.39, 0.29) is 0 Å². The molecule has 1 aromatic heterocycles. The van der Waals surface area contributed by atoms with E-state index in [0.717, 1.165) is 10.3 Å². The predicted octanol–water partition coefficient (Wildman–Crippen LogP) is 1.24. The molecule has 1 amide bonds. The van der Waals surface area contributed by atoms with Crippen molar-refractivity contribution in [2.75, 3.05) is 0 Å². The molecule has 0 spiro atoms. The molecule has 88 valence electrons. The van der Waals surface area contributed by atoms with Gasteiger partial charge in [-0.25, -0.2) is 4.79 Å². The Hall–Kier alpha value is -1.78. The number of nitrogens with one attached hydrogen (secondary N) is 1. The molecule has 1 heterocycles. The monoisotopic (exact) mass is 225 g/mol. The smallest absolute Gasteiger partial charge is 0.407 e. The van der Waals surface area contributed by atoms with Crippen molar-refractivity contribution >= 4 is 6.09 Å². The van der Waals surface area contributed by atoms with E-state index in [1.807, 2.05) is 0 Å². The molecule has 0 aliphatic rings. The minimum Gasteiger partial charge on any atom is -0.444 e. The van der Waals surface area contributed by atoms with E-state index in [1.54, 1.807) is 32.9 Å². The number of hydrogen-bond donors (Lipinski definition) is 2. The number of rotatable bonds is 2. The number of pyridine rings is 1. The number of nitrogens with zero attached hydrogens (tertiary/aromatic N) is 1. The summed E-state index contributed by atoms with van der Waals surface area (Å²) >= 11 is 0. The van der Waals surface area contributed by atoms with Crippen molar-refractivity contribution in [3.8, 4) is 0 Å². The van der Waals surface area contributed by atoms with Crippen molar-refractivity contribution < 1.29 is 19.5 Å². The van der Waals surface area contributed by atoms with E-state index in [1.165, 1.54) is 12.4 Å². The van der Waals surface area contributed by atoms with Crippen LogP contribution in [0, 0.1) is 0 Å². The fourth-order valence-corrected chi connectivity index (χ4v) is 1.10. The molecule has 0 aliphatic heterocycles. The summed E-state index contributed by atoms with van der Waals surface area (Å²) in [5, 5.41) is 11.7. The van der Waals surface area contributed by atoms with Gasteiger partial charge in [0.05, 0.1) is 6.54 Å². The van der Waals surface area contributed by atoms with Crippen molar-refractivity contribution in [2.24, 2.45) is 0 Å². The molecule has 1 aromatic rings. The number of carbonyl (C=O) groups excluding carboxylic acids is 1. The molecule has 1 rings (SSSR count). The first-order valence-electron chi connectivity index (χ1n) is 5.03. The Morgan fingerprint density at radius 3 is 2.81 bits per heavy atom. The summed E-state index contributed by atoms with van der Waals surface area (Å²) in [6.07, 6.45) is 2.54. The topological polar surface area (TPSA) is 62.4 Å². The second kappa shape index (κ2) is 4.83. The van der Waals surface area contributed by atoms with Gasteiger partial charge >= 0.3 is 6.09 Å². The fraction of sp³-hybridized carbons (Fsp3) is 0.455. The fourth-order valence-electron chi connectivity index (χ4n) is 1.10. The highest BCUT2D eigenvalue weighted by Crippen LogP contribution is 2.06. The van der Waals surface area contributed by atoms with Crippen LogP contribution in [-0.2, 0) is 11.3 Å². The van der Waals surface area contributed by atoms with Crippen LogP contribution in [0.15, 0.2) is 24.5 Å². The summed E-state index contributed by atoms with van der Waals surface area (Å²) in [5.41, 5.74) is 0.286. The van der Waals surface area contributed by atoms with Gasteiger partial charge in [-0.1, -0.05) is 0 Å². The zero-order chi connectivity index (χ0) is 12.2. The highest BCUT2D eigenvalue weighted by atomic mass is 16.6. The average molecular weight is 225 g/mol. The summed E-state index contributed by atoms with van der Waals surface area (Å²) in [6, 6.07) is 3.48. The lowest BCUT2D eigenvalue weighted by molar-refractivity contribution is -0.905. The number of alkyl carbamates (subject to hydrolysis) is 1. The molecule has 0 aromatic carbocycles. The van der Waals surface area contributed by atoms with Crippen molar-refractivity contribution in [1.29, 1.82) is 0 Å². The molecular formula is C11H17N2O3+. The number of hydrogen-bond acceptors (Lipinski definition) is 3. The minimum absolute atomic E-state index is 0.316. The Morgan fingerprint density at radius 1 is 1.56 bits per heavy atom. The average Bonchev–Trinajstić information content (AvgIpc) is 2.12. The van der Waals surface area contributed by atoms with Gasteiger partial charge in [-0.2, -0.15) is 0 Å². The first-order valence-corrected chi connectivity index (χ1v) is 5.03. The van der Waals surface area contributed by atoms with Gasteiger partial charge in [-0.3, -0.25) is 5.21 Å². The number of amides is 1. The third kappa shape index (κ3) is 4.63. The van der Waals surface area contributed by atoms with Crippen LogP contribution in [0.3, 0.4) is 0 Å². The van der Waals surface area contributed by atoms with E-state index in [0.29, 0.717) is 6.54 Å². The van der Waals surface area contributed by atoms with Gasteiger partial charge in [0, 0.05) is 16.4 Å². The van der Waals surface area contributed by atoms with Gasteiger partial charge < -0.3 is 10.1 Å². The summed E-state index contributed by atoms with van der Waals surface area (Å²) in [5.74, 6) is 0. The third-order valence-corrected chi connectivity index (χ3v) is 1.68. The Morgan fingerprint density at radius 2 is 2.25 bits per heavy atom. The van der Waals surface area contributed by atoms with Crippen LogP contribution in [-0.4, -0.2) is 16.9 Å². The lowest BCUT2D eigenvalue weighted by Gasteiger charge is -2.19. The second-order valence-corrected chi connectivity index (χ2v) is 4.45. The highest BCUT2D eigenvalue weighted by Gasteiger charge is 2.15. The Balaban J connectivity index is 2.43. The van der Waals surface area contributed by atoms with E-state index in [2.05, 4.69) is 5.32 Å². The first-order chi connectivity index (χ1) is 7.37. The van der Waals surface area contributed by atoms with Gasteiger partial charge in [0.2, 0.25) is 12.4 Å². The van der Waals surface area contributed by atoms with Crippen LogP contribution < -0.4 is 10.0 Å². The standard InChI is InChI=1S/C11H16N2O3/c1-11(2,3)16-10(14)12-7-9-5-4-6-13(15)8-9/h4-6,8H,7H2,1-3H3,(H-,12,14,15)/p+1. The number of aromatic nitrogens is 1. The van der Waals surface area contributed by atoms with Crippen molar-refractivity contribution in [2.45, 2.75) is 32.9 Å². The Labute approximate surface area is 94.6 Å². The lowest BCUT2D eigenvalue weighted by Crippen LogP contribution is -2.33. The first kappa shape index (κ1) is 12.3. The predicted molar refractivity (Wildman–Crippen MR) is 56.9 cm³/mol. The van der Waals surface area contributed by atoms with Crippen molar-refractivity contribution in [3.05, 3.63) is 30.1 Å². The molecular weight excluding hydrogens is 208 g/mol. The SMILES string of the molecule is CC(C)(C)OC(=O)NCc1ccc[n+](O)c1. The molecule has 0 saturated carbocycles. The molecule has 0 bridgehead atoms. The van der Waals surface area contributed by atoms with Crippen LogP contribution in [0.25, 0.3) is 0 Å². The van der Waals surface area contributed by atoms with E-state index in [9.17, 15) is 4.79 Å². The molecule has 0 radical (unpaired) electrons. The lowest BCUT2D eigenvalue weighted by atomic mass is 10.2. The van der Waals surface area contributed by atoms with Crippen LogP contribution >= 0.6 is 0 Å². The number of ether oxygens (including phenoxy) is 1. The normalized spacial score (nSPS) is 10.9.